The molecule has 1 fully saturated rings. The number of amides is 2. The Balaban J connectivity index is 2.10. The number of nitrogens with one attached hydrogen (secondary N) is 1. The summed E-state index contributed by atoms with van der Waals surface area (Å²) in [6, 6.07) is -0.491. The van der Waals surface area contributed by atoms with E-state index in [-0.39, 0.29) is 23.8 Å². The maximum absolute atomic E-state index is 12.7. The summed E-state index contributed by atoms with van der Waals surface area (Å²) in [7, 11) is 1.88. The zero-order valence-corrected chi connectivity index (χ0v) is 13.2. The van der Waals surface area contributed by atoms with Crippen LogP contribution >= 0.6 is 0 Å². The predicted molar refractivity (Wildman–Crippen MR) is 79.5 cm³/mol. The van der Waals surface area contributed by atoms with E-state index in [9.17, 15) is 9.59 Å². The number of hydrogen-bond acceptors (Lipinski definition) is 3. The lowest BCUT2D eigenvalue weighted by Crippen LogP contribution is -2.49. The van der Waals surface area contributed by atoms with Crippen LogP contribution in [0.2, 0.25) is 0 Å². The summed E-state index contributed by atoms with van der Waals surface area (Å²) in [6.45, 7) is 6.46. The average Bonchev–Trinajstić information content (AvgIpc) is 2.76. The number of rotatable bonds is 4. The van der Waals surface area contributed by atoms with Crippen LogP contribution in [0, 0.1) is 5.92 Å². The molecule has 6 heteroatoms. The Morgan fingerprint density at radius 2 is 2.14 bits per heavy atom. The molecule has 6 nitrogen and oxygen atoms in total. The van der Waals surface area contributed by atoms with Crippen molar-refractivity contribution in [2.24, 2.45) is 13.0 Å². The molecule has 2 heterocycles. The Morgan fingerprint density at radius 3 is 2.71 bits per heavy atom. The number of nitrogens with zero attached hydrogens (tertiary/aromatic N) is 3. The average molecular weight is 292 g/mol. The van der Waals surface area contributed by atoms with E-state index in [4.69, 9.17) is 0 Å². The second-order valence-corrected chi connectivity index (χ2v) is 6.15. The molecule has 0 bridgehead atoms. The van der Waals surface area contributed by atoms with Gasteiger partial charge in [0.1, 0.15) is 6.04 Å². The predicted octanol–water partition coefficient (Wildman–Crippen LogP) is 0.724. The van der Waals surface area contributed by atoms with Crippen molar-refractivity contribution in [1.82, 2.24) is 20.0 Å². The van der Waals surface area contributed by atoms with Crippen LogP contribution in [-0.4, -0.2) is 45.1 Å². The zero-order chi connectivity index (χ0) is 15.6. The maximum atomic E-state index is 12.7. The van der Waals surface area contributed by atoms with Crippen LogP contribution in [0.15, 0.2) is 12.4 Å². The first-order chi connectivity index (χ1) is 9.88. The number of carbonyl (C=O) groups is 2. The minimum absolute atomic E-state index is 0.0206. The first-order valence-corrected chi connectivity index (χ1v) is 7.46. The van der Waals surface area contributed by atoms with Gasteiger partial charge in [-0.05, 0) is 24.8 Å². The van der Waals surface area contributed by atoms with Crippen molar-refractivity contribution < 1.29 is 9.59 Å². The molecule has 1 aliphatic rings. The van der Waals surface area contributed by atoms with Crippen molar-refractivity contribution in [3.63, 3.8) is 0 Å². The lowest BCUT2D eigenvalue weighted by atomic mass is 10.0. The molecule has 2 atom stereocenters. The van der Waals surface area contributed by atoms with Crippen LogP contribution < -0.4 is 5.32 Å². The molecule has 1 N–H and O–H groups in total. The molecule has 2 unspecified atom stereocenters. The minimum Gasteiger partial charge on any atom is -0.344 e. The third-order valence-electron chi connectivity index (χ3n) is 3.94. The van der Waals surface area contributed by atoms with Crippen molar-refractivity contribution in [2.45, 2.75) is 45.7 Å². The highest BCUT2D eigenvalue weighted by Crippen LogP contribution is 2.16. The van der Waals surface area contributed by atoms with Gasteiger partial charge in [-0.2, -0.15) is 5.10 Å². The van der Waals surface area contributed by atoms with Gasteiger partial charge in [-0.3, -0.25) is 14.3 Å². The van der Waals surface area contributed by atoms with E-state index in [2.05, 4.69) is 10.4 Å². The quantitative estimate of drug-likeness (QED) is 0.889. The molecule has 2 amide bonds. The fourth-order valence-corrected chi connectivity index (χ4v) is 2.70. The van der Waals surface area contributed by atoms with Gasteiger partial charge in [-0.1, -0.05) is 13.8 Å². The smallest absolute Gasteiger partial charge is 0.245 e. The Labute approximate surface area is 125 Å². The summed E-state index contributed by atoms with van der Waals surface area (Å²) >= 11 is 0. The van der Waals surface area contributed by atoms with E-state index < -0.39 is 6.04 Å². The van der Waals surface area contributed by atoms with Gasteiger partial charge in [0, 0.05) is 32.3 Å². The molecular weight excluding hydrogens is 268 g/mol. The maximum Gasteiger partial charge on any atom is 0.245 e. The van der Waals surface area contributed by atoms with Gasteiger partial charge in [0.15, 0.2) is 0 Å². The lowest BCUT2D eigenvalue weighted by molar-refractivity contribution is -0.136. The molecule has 1 aromatic heterocycles. The first-order valence-electron chi connectivity index (χ1n) is 7.46. The Morgan fingerprint density at radius 1 is 1.43 bits per heavy atom. The lowest BCUT2D eigenvalue weighted by Gasteiger charge is -2.29. The van der Waals surface area contributed by atoms with Gasteiger partial charge in [-0.25, -0.2) is 0 Å². The SMILES string of the molecule is CC(C)C1NC(=O)CC(C)N(CCc2cnn(C)c2)C1=O. The standard InChI is InChI=1S/C15H24N4O2/c1-10(2)14-15(21)19(11(3)7-13(20)17-14)6-5-12-8-16-18(4)9-12/h8-11,14H,5-7H2,1-4H3,(H,17,20). The van der Waals surface area contributed by atoms with Crippen LogP contribution in [0.1, 0.15) is 32.8 Å². The minimum atomic E-state index is -0.420. The molecule has 21 heavy (non-hydrogen) atoms. The Hall–Kier alpha value is -1.85. The fraction of sp³-hybridized carbons (Fsp3) is 0.667. The van der Waals surface area contributed by atoms with E-state index in [0.29, 0.717) is 13.0 Å². The largest absolute Gasteiger partial charge is 0.344 e. The van der Waals surface area contributed by atoms with E-state index in [1.807, 2.05) is 45.1 Å². The Kier molecular flexibility index (Phi) is 4.65. The molecule has 2 rings (SSSR count). The van der Waals surface area contributed by atoms with Crippen molar-refractivity contribution in [1.29, 1.82) is 0 Å². The number of aromatic nitrogens is 2. The number of hydrogen-bond donors (Lipinski definition) is 1. The fourth-order valence-electron chi connectivity index (χ4n) is 2.70. The zero-order valence-electron chi connectivity index (χ0n) is 13.2. The van der Waals surface area contributed by atoms with Crippen molar-refractivity contribution in [3.8, 4) is 0 Å². The summed E-state index contributed by atoms with van der Waals surface area (Å²) in [5.41, 5.74) is 1.10. The topological polar surface area (TPSA) is 67.2 Å². The summed E-state index contributed by atoms with van der Waals surface area (Å²) < 4.78 is 1.75. The molecule has 0 aliphatic carbocycles. The van der Waals surface area contributed by atoms with Gasteiger partial charge < -0.3 is 10.2 Å². The van der Waals surface area contributed by atoms with E-state index in [1.54, 1.807) is 4.68 Å². The van der Waals surface area contributed by atoms with Crippen molar-refractivity contribution in [3.05, 3.63) is 18.0 Å². The molecule has 0 saturated carbocycles. The van der Waals surface area contributed by atoms with Gasteiger partial charge >= 0.3 is 0 Å². The van der Waals surface area contributed by atoms with Crippen molar-refractivity contribution >= 4 is 11.8 Å². The van der Waals surface area contributed by atoms with Gasteiger partial charge in [0.2, 0.25) is 11.8 Å². The van der Waals surface area contributed by atoms with Crippen LogP contribution in [0.4, 0.5) is 0 Å². The van der Waals surface area contributed by atoms with Gasteiger partial charge in [0.05, 0.1) is 6.20 Å². The normalized spacial score (nSPS) is 23.4. The van der Waals surface area contributed by atoms with E-state index >= 15 is 0 Å². The van der Waals surface area contributed by atoms with Crippen LogP contribution in [0.3, 0.4) is 0 Å². The first kappa shape index (κ1) is 15.5. The summed E-state index contributed by atoms with van der Waals surface area (Å²) in [5, 5.41) is 6.98. The van der Waals surface area contributed by atoms with Crippen LogP contribution in [0.25, 0.3) is 0 Å². The highest BCUT2D eigenvalue weighted by atomic mass is 16.2. The molecule has 0 radical (unpaired) electrons. The summed E-state index contributed by atoms with van der Waals surface area (Å²) in [5.74, 6) is 0.0679. The highest BCUT2D eigenvalue weighted by molar-refractivity contribution is 5.90. The van der Waals surface area contributed by atoms with Crippen LogP contribution in [0.5, 0.6) is 0 Å². The third-order valence-corrected chi connectivity index (χ3v) is 3.94. The molecule has 1 aliphatic heterocycles. The molecule has 0 spiro atoms. The molecule has 1 saturated heterocycles. The van der Waals surface area contributed by atoms with Crippen molar-refractivity contribution in [2.75, 3.05) is 6.54 Å². The molecular formula is C15H24N4O2. The second kappa shape index (κ2) is 6.28. The second-order valence-electron chi connectivity index (χ2n) is 6.15. The summed E-state index contributed by atoms with van der Waals surface area (Å²) in [4.78, 5) is 26.4. The number of carbonyl (C=O) groups excluding carboxylic acids is 2. The van der Waals surface area contributed by atoms with E-state index in [0.717, 1.165) is 12.0 Å². The highest BCUT2D eigenvalue weighted by Gasteiger charge is 2.35. The number of aryl methyl sites for hydroxylation is 1. The monoisotopic (exact) mass is 292 g/mol. The third kappa shape index (κ3) is 3.62. The molecule has 116 valence electrons. The van der Waals surface area contributed by atoms with Gasteiger partial charge in [-0.15, -0.1) is 0 Å². The van der Waals surface area contributed by atoms with Crippen LogP contribution in [-0.2, 0) is 23.1 Å². The van der Waals surface area contributed by atoms with E-state index in [1.165, 1.54) is 0 Å². The Bertz CT molecular complexity index is 523. The molecule has 0 aromatic carbocycles. The molecule has 1 aromatic rings. The van der Waals surface area contributed by atoms with Gasteiger partial charge in [0.25, 0.3) is 0 Å². The summed E-state index contributed by atoms with van der Waals surface area (Å²) in [6.07, 6.45) is 4.89.